The summed E-state index contributed by atoms with van der Waals surface area (Å²) in [7, 11) is 0. The topological polar surface area (TPSA) is 60.2 Å². The minimum atomic E-state index is -0.697. The zero-order valence-corrected chi connectivity index (χ0v) is 5.97. The summed E-state index contributed by atoms with van der Waals surface area (Å²) in [5.74, 6) is -0.421. The molecule has 1 aliphatic rings. The molecule has 0 spiro atoms. The van der Waals surface area contributed by atoms with Crippen molar-refractivity contribution in [2.24, 2.45) is 5.92 Å². The zero-order valence-electron chi connectivity index (χ0n) is 5.97. The van der Waals surface area contributed by atoms with Gasteiger partial charge < -0.3 is 4.79 Å². The van der Waals surface area contributed by atoms with Crippen LogP contribution in [-0.2, 0) is 4.79 Å². The Morgan fingerprint density at radius 1 is 1.45 bits per heavy atom. The van der Waals surface area contributed by atoms with E-state index in [1.165, 1.54) is 0 Å². The molecule has 0 aromatic carbocycles. The molecule has 4 heteroatoms. The standard InChI is InChI=1S/C7H9NO3/c9-5-6-3-1-2-4-7(6)8(10)11/h1-2,5-7H,3-4H2/t6-,7+/m0/s1. The van der Waals surface area contributed by atoms with E-state index in [0.29, 0.717) is 19.1 Å². The fraction of sp³-hybridized carbons (Fsp3) is 0.571. The molecule has 0 aromatic rings. The van der Waals surface area contributed by atoms with Gasteiger partial charge in [0.2, 0.25) is 6.04 Å². The van der Waals surface area contributed by atoms with Gasteiger partial charge in [0.25, 0.3) is 0 Å². The van der Waals surface area contributed by atoms with Gasteiger partial charge >= 0.3 is 0 Å². The third kappa shape index (κ3) is 1.63. The van der Waals surface area contributed by atoms with Gasteiger partial charge in [0.1, 0.15) is 6.29 Å². The molecule has 4 nitrogen and oxygen atoms in total. The Morgan fingerprint density at radius 2 is 2.09 bits per heavy atom. The third-order valence-electron chi connectivity index (χ3n) is 1.89. The summed E-state index contributed by atoms with van der Waals surface area (Å²) in [5, 5.41) is 10.3. The Bertz CT molecular complexity index is 200. The molecule has 0 saturated heterocycles. The highest BCUT2D eigenvalue weighted by molar-refractivity contribution is 5.55. The number of aldehydes is 1. The molecule has 0 saturated carbocycles. The van der Waals surface area contributed by atoms with Gasteiger partial charge in [0.05, 0.1) is 5.92 Å². The molecule has 0 radical (unpaired) electrons. The highest BCUT2D eigenvalue weighted by Crippen LogP contribution is 2.19. The van der Waals surface area contributed by atoms with Crippen LogP contribution < -0.4 is 0 Å². The lowest BCUT2D eigenvalue weighted by Crippen LogP contribution is -2.31. The fourth-order valence-corrected chi connectivity index (χ4v) is 1.21. The van der Waals surface area contributed by atoms with E-state index in [4.69, 9.17) is 0 Å². The first kappa shape index (κ1) is 7.91. The van der Waals surface area contributed by atoms with Crippen molar-refractivity contribution in [1.29, 1.82) is 0 Å². The lowest BCUT2D eigenvalue weighted by molar-refractivity contribution is -0.528. The van der Waals surface area contributed by atoms with E-state index in [1.54, 1.807) is 6.08 Å². The lowest BCUT2D eigenvalue weighted by Gasteiger charge is -2.15. The molecule has 0 unspecified atom stereocenters. The van der Waals surface area contributed by atoms with Crippen LogP contribution in [0.2, 0.25) is 0 Å². The van der Waals surface area contributed by atoms with Gasteiger partial charge in [0, 0.05) is 11.3 Å². The first-order valence-electron chi connectivity index (χ1n) is 3.49. The van der Waals surface area contributed by atoms with Crippen molar-refractivity contribution in [3.63, 3.8) is 0 Å². The molecule has 0 aromatic heterocycles. The van der Waals surface area contributed by atoms with Crippen LogP contribution in [-0.4, -0.2) is 17.3 Å². The van der Waals surface area contributed by atoms with Crippen LogP contribution in [0.15, 0.2) is 12.2 Å². The first-order valence-corrected chi connectivity index (χ1v) is 3.49. The van der Waals surface area contributed by atoms with Crippen molar-refractivity contribution < 1.29 is 9.72 Å². The predicted molar refractivity (Wildman–Crippen MR) is 38.7 cm³/mol. The number of nitro groups is 1. The molecule has 0 bridgehead atoms. The number of allylic oxidation sites excluding steroid dienone is 1. The largest absolute Gasteiger partial charge is 0.303 e. The number of hydrogen-bond donors (Lipinski definition) is 0. The van der Waals surface area contributed by atoms with Crippen molar-refractivity contribution in [3.8, 4) is 0 Å². The van der Waals surface area contributed by atoms with Gasteiger partial charge in [0.15, 0.2) is 0 Å². The van der Waals surface area contributed by atoms with Crippen LogP contribution >= 0.6 is 0 Å². The number of nitrogens with zero attached hydrogens (tertiary/aromatic N) is 1. The van der Waals surface area contributed by atoms with E-state index in [2.05, 4.69) is 0 Å². The first-order chi connectivity index (χ1) is 5.25. The number of rotatable bonds is 2. The average molecular weight is 155 g/mol. The zero-order chi connectivity index (χ0) is 8.27. The van der Waals surface area contributed by atoms with E-state index < -0.39 is 12.0 Å². The second-order valence-corrected chi connectivity index (χ2v) is 2.60. The van der Waals surface area contributed by atoms with Crippen molar-refractivity contribution in [3.05, 3.63) is 22.3 Å². The molecule has 0 fully saturated rings. The molecule has 2 atom stereocenters. The molecule has 0 N–H and O–H groups in total. The fourth-order valence-electron chi connectivity index (χ4n) is 1.21. The summed E-state index contributed by atoms with van der Waals surface area (Å²) in [6, 6.07) is -0.697. The van der Waals surface area contributed by atoms with Crippen LogP contribution in [0, 0.1) is 16.0 Å². The van der Waals surface area contributed by atoms with Crippen LogP contribution in [0.5, 0.6) is 0 Å². The van der Waals surface area contributed by atoms with E-state index in [-0.39, 0.29) is 4.92 Å². The van der Waals surface area contributed by atoms with Gasteiger partial charge in [-0.3, -0.25) is 10.1 Å². The van der Waals surface area contributed by atoms with Gasteiger partial charge in [-0.1, -0.05) is 12.2 Å². The maximum Gasteiger partial charge on any atom is 0.226 e. The number of carbonyl (C=O) groups excluding carboxylic acids is 1. The van der Waals surface area contributed by atoms with Crippen LogP contribution in [0.3, 0.4) is 0 Å². The second kappa shape index (κ2) is 3.27. The summed E-state index contributed by atoms with van der Waals surface area (Å²) in [6.45, 7) is 0. The van der Waals surface area contributed by atoms with Crippen molar-refractivity contribution >= 4 is 6.29 Å². The number of hydrogen-bond acceptors (Lipinski definition) is 3. The molecule has 0 heterocycles. The van der Waals surface area contributed by atoms with Gasteiger partial charge in [-0.25, -0.2) is 0 Å². The Labute approximate surface area is 64.0 Å². The normalized spacial score (nSPS) is 29.8. The molecule has 60 valence electrons. The quantitative estimate of drug-likeness (QED) is 0.256. The Balaban J connectivity index is 2.68. The highest BCUT2D eigenvalue weighted by Gasteiger charge is 2.31. The van der Waals surface area contributed by atoms with Crippen molar-refractivity contribution in [2.45, 2.75) is 18.9 Å². The molecule has 0 aliphatic heterocycles. The van der Waals surface area contributed by atoms with Crippen molar-refractivity contribution in [2.75, 3.05) is 0 Å². The van der Waals surface area contributed by atoms with E-state index in [9.17, 15) is 14.9 Å². The minimum Gasteiger partial charge on any atom is -0.303 e. The molecule has 1 rings (SSSR count). The Kier molecular flexibility index (Phi) is 2.36. The van der Waals surface area contributed by atoms with E-state index in [0.717, 1.165) is 0 Å². The summed E-state index contributed by atoms with van der Waals surface area (Å²) in [4.78, 5) is 20.3. The van der Waals surface area contributed by atoms with Crippen molar-refractivity contribution in [1.82, 2.24) is 0 Å². The number of carbonyl (C=O) groups is 1. The monoisotopic (exact) mass is 155 g/mol. The van der Waals surface area contributed by atoms with E-state index >= 15 is 0 Å². The smallest absolute Gasteiger partial charge is 0.226 e. The van der Waals surface area contributed by atoms with Crippen LogP contribution in [0.25, 0.3) is 0 Å². The Morgan fingerprint density at radius 3 is 2.55 bits per heavy atom. The molecule has 11 heavy (non-hydrogen) atoms. The second-order valence-electron chi connectivity index (χ2n) is 2.60. The molecular weight excluding hydrogens is 146 g/mol. The molecule has 0 amide bonds. The van der Waals surface area contributed by atoms with E-state index in [1.807, 2.05) is 6.08 Å². The van der Waals surface area contributed by atoms with Gasteiger partial charge in [-0.15, -0.1) is 0 Å². The maximum atomic E-state index is 10.3. The van der Waals surface area contributed by atoms with Crippen LogP contribution in [0.4, 0.5) is 0 Å². The highest BCUT2D eigenvalue weighted by atomic mass is 16.6. The third-order valence-corrected chi connectivity index (χ3v) is 1.89. The summed E-state index contributed by atoms with van der Waals surface area (Å²) in [6.07, 6.45) is 5.15. The average Bonchev–Trinajstić information content (AvgIpc) is 2.04. The maximum absolute atomic E-state index is 10.3. The Hall–Kier alpha value is -1.19. The predicted octanol–water partition coefficient (Wildman–Crippen LogP) is 0.797. The lowest BCUT2D eigenvalue weighted by atomic mass is 9.91. The molecular formula is C7H9NO3. The minimum absolute atomic E-state index is 0.372. The molecule has 1 aliphatic carbocycles. The summed E-state index contributed by atoms with van der Waals surface area (Å²) in [5.41, 5.74) is 0. The van der Waals surface area contributed by atoms with Gasteiger partial charge in [-0.05, 0) is 6.42 Å². The summed E-state index contributed by atoms with van der Waals surface area (Å²) >= 11 is 0. The van der Waals surface area contributed by atoms with Gasteiger partial charge in [-0.2, -0.15) is 0 Å². The van der Waals surface area contributed by atoms with Crippen LogP contribution in [0.1, 0.15) is 12.8 Å². The SMILES string of the molecule is O=C[C@@H]1CC=CC[C@H]1[N+](=O)[O-]. The summed E-state index contributed by atoms with van der Waals surface area (Å²) < 4.78 is 0.